The second-order valence-corrected chi connectivity index (χ2v) is 7.68. The van der Waals surface area contributed by atoms with E-state index >= 15 is 0 Å². The highest BCUT2D eigenvalue weighted by Gasteiger charge is 2.27. The normalized spacial score (nSPS) is 16.2. The summed E-state index contributed by atoms with van der Waals surface area (Å²) in [6.07, 6.45) is 2.80. The Bertz CT molecular complexity index is 813. The highest BCUT2D eigenvalue weighted by atomic mass is 32.1. The summed E-state index contributed by atoms with van der Waals surface area (Å²) in [6, 6.07) is 7.51. The Balaban J connectivity index is 1.71. The summed E-state index contributed by atoms with van der Waals surface area (Å²) >= 11 is 1.46. The largest absolute Gasteiger partial charge is 0.484 e. The van der Waals surface area contributed by atoms with Crippen molar-refractivity contribution in [3.63, 3.8) is 0 Å². The molecule has 25 heavy (non-hydrogen) atoms. The van der Waals surface area contributed by atoms with E-state index < -0.39 is 5.91 Å². The number of benzene rings is 1. The number of nitrogens with two attached hydrogens (primary N) is 1. The molecule has 1 aliphatic carbocycles. The van der Waals surface area contributed by atoms with Crippen LogP contribution in [0.2, 0.25) is 0 Å². The van der Waals surface area contributed by atoms with E-state index in [0.717, 1.165) is 35.3 Å². The molecule has 1 heterocycles. The summed E-state index contributed by atoms with van der Waals surface area (Å²) in [6.45, 7) is 4.05. The Morgan fingerprint density at radius 1 is 1.40 bits per heavy atom. The zero-order chi connectivity index (χ0) is 18.0. The number of amides is 2. The number of rotatable bonds is 5. The van der Waals surface area contributed by atoms with Crippen molar-refractivity contribution in [1.82, 2.24) is 0 Å². The van der Waals surface area contributed by atoms with Crippen LogP contribution in [0.4, 0.5) is 5.00 Å². The maximum Gasteiger partial charge on any atom is 0.262 e. The Morgan fingerprint density at radius 2 is 2.20 bits per heavy atom. The van der Waals surface area contributed by atoms with Crippen molar-refractivity contribution >= 4 is 28.2 Å². The topological polar surface area (TPSA) is 81.4 Å². The fourth-order valence-corrected chi connectivity index (χ4v) is 4.55. The van der Waals surface area contributed by atoms with E-state index in [1.54, 1.807) is 6.07 Å². The number of hydrogen-bond donors (Lipinski definition) is 2. The molecule has 0 saturated carbocycles. The zero-order valence-electron chi connectivity index (χ0n) is 14.4. The van der Waals surface area contributed by atoms with Crippen LogP contribution in [0.5, 0.6) is 5.75 Å². The van der Waals surface area contributed by atoms with E-state index in [4.69, 9.17) is 10.5 Å². The molecule has 2 aromatic rings. The molecule has 0 fully saturated rings. The average Bonchev–Trinajstić information content (AvgIpc) is 2.90. The summed E-state index contributed by atoms with van der Waals surface area (Å²) in [5.74, 6) is 0.447. The van der Waals surface area contributed by atoms with Gasteiger partial charge in [-0.05, 0) is 55.4 Å². The molecule has 1 unspecified atom stereocenters. The van der Waals surface area contributed by atoms with Crippen molar-refractivity contribution in [2.24, 2.45) is 11.7 Å². The Hall–Kier alpha value is -2.34. The summed E-state index contributed by atoms with van der Waals surface area (Å²) in [7, 11) is 0. The maximum atomic E-state index is 12.2. The number of aryl methyl sites for hydroxylation is 1. The number of thiophene rings is 1. The van der Waals surface area contributed by atoms with Crippen LogP contribution >= 0.6 is 11.3 Å². The quantitative estimate of drug-likeness (QED) is 0.860. The molecule has 0 aliphatic heterocycles. The SMILES string of the molecule is Cc1cccc(OCC(=O)Nc2sc3c(c2C(N)=O)CCC(C)C3)c1. The van der Waals surface area contributed by atoms with E-state index in [-0.39, 0.29) is 12.5 Å². The molecule has 0 bridgehead atoms. The summed E-state index contributed by atoms with van der Waals surface area (Å²) in [4.78, 5) is 25.3. The lowest BCUT2D eigenvalue weighted by Crippen LogP contribution is -2.22. The highest BCUT2D eigenvalue weighted by Crippen LogP contribution is 2.39. The van der Waals surface area contributed by atoms with Crippen LogP contribution in [0.25, 0.3) is 0 Å². The van der Waals surface area contributed by atoms with Gasteiger partial charge < -0.3 is 15.8 Å². The van der Waals surface area contributed by atoms with Crippen molar-refractivity contribution in [3.8, 4) is 5.75 Å². The fraction of sp³-hybridized carbons (Fsp3) is 0.368. The first-order valence-electron chi connectivity index (χ1n) is 8.37. The van der Waals surface area contributed by atoms with Crippen LogP contribution in [0.1, 0.15) is 39.7 Å². The van der Waals surface area contributed by atoms with Crippen LogP contribution in [-0.2, 0) is 17.6 Å². The minimum Gasteiger partial charge on any atom is -0.484 e. The Morgan fingerprint density at radius 3 is 2.92 bits per heavy atom. The number of fused-ring (bicyclic) bond motifs is 1. The third-order valence-corrected chi connectivity index (χ3v) is 5.54. The van der Waals surface area contributed by atoms with Crippen molar-refractivity contribution in [1.29, 1.82) is 0 Å². The molecule has 0 radical (unpaired) electrons. The molecule has 5 nitrogen and oxygen atoms in total. The lowest BCUT2D eigenvalue weighted by Gasteiger charge is -2.18. The first-order chi connectivity index (χ1) is 11.9. The second kappa shape index (κ2) is 7.27. The van der Waals surface area contributed by atoms with Crippen LogP contribution in [-0.4, -0.2) is 18.4 Å². The third-order valence-electron chi connectivity index (χ3n) is 4.37. The van der Waals surface area contributed by atoms with Gasteiger partial charge in [-0.25, -0.2) is 0 Å². The zero-order valence-corrected chi connectivity index (χ0v) is 15.2. The molecule has 1 aromatic heterocycles. The molecule has 1 atom stereocenters. The third kappa shape index (κ3) is 4.02. The van der Waals surface area contributed by atoms with Gasteiger partial charge in [0.05, 0.1) is 5.56 Å². The molecule has 3 rings (SSSR count). The number of anilines is 1. The van der Waals surface area contributed by atoms with Crippen molar-refractivity contribution < 1.29 is 14.3 Å². The summed E-state index contributed by atoms with van der Waals surface area (Å²) in [5.41, 5.74) is 8.10. The molecule has 132 valence electrons. The summed E-state index contributed by atoms with van der Waals surface area (Å²) < 4.78 is 5.52. The van der Waals surface area contributed by atoms with Gasteiger partial charge in [-0.2, -0.15) is 0 Å². The molecule has 2 amide bonds. The Kier molecular flexibility index (Phi) is 5.08. The number of hydrogen-bond acceptors (Lipinski definition) is 4. The van der Waals surface area contributed by atoms with Crippen LogP contribution < -0.4 is 15.8 Å². The highest BCUT2D eigenvalue weighted by molar-refractivity contribution is 7.17. The van der Waals surface area contributed by atoms with Crippen molar-refractivity contribution in [3.05, 3.63) is 45.8 Å². The van der Waals surface area contributed by atoms with Crippen molar-refractivity contribution in [2.45, 2.75) is 33.1 Å². The molecule has 0 saturated heterocycles. The van der Waals surface area contributed by atoms with Gasteiger partial charge in [0.2, 0.25) is 0 Å². The monoisotopic (exact) mass is 358 g/mol. The standard InChI is InChI=1S/C19H22N2O3S/c1-11-4-3-5-13(8-11)24-10-16(22)21-19-17(18(20)23)14-7-6-12(2)9-15(14)25-19/h3-5,8,12H,6-7,9-10H2,1-2H3,(H2,20,23)(H,21,22). The van der Waals surface area contributed by atoms with E-state index in [1.165, 1.54) is 11.3 Å². The van der Waals surface area contributed by atoms with E-state index in [1.807, 2.05) is 25.1 Å². The van der Waals surface area contributed by atoms with E-state index in [2.05, 4.69) is 12.2 Å². The number of primary amides is 1. The Labute approximate surface area is 151 Å². The summed E-state index contributed by atoms with van der Waals surface area (Å²) in [5, 5.41) is 3.35. The van der Waals surface area contributed by atoms with Crippen LogP contribution in [0, 0.1) is 12.8 Å². The van der Waals surface area contributed by atoms with Crippen LogP contribution in [0.3, 0.4) is 0 Å². The van der Waals surface area contributed by atoms with E-state index in [0.29, 0.717) is 22.2 Å². The molecule has 3 N–H and O–H groups in total. The second-order valence-electron chi connectivity index (χ2n) is 6.57. The fourth-order valence-electron chi connectivity index (χ4n) is 3.12. The average molecular weight is 358 g/mol. The number of nitrogens with one attached hydrogen (secondary N) is 1. The minimum atomic E-state index is -0.484. The van der Waals surface area contributed by atoms with Gasteiger partial charge in [0, 0.05) is 4.88 Å². The van der Waals surface area contributed by atoms with Gasteiger partial charge >= 0.3 is 0 Å². The number of carbonyl (C=O) groups excluding carboxylic acids is 2. The van der Waals surface area contributed by atoms with Gasteiger partial charge in [-0.1, -0.05) is 19.1 Å². The molecule has 6 heteroatoms. The molecular formula is C19H22N2O3S. The predicted molar refractivity (Wildman–Crippen MR) is 99.3 cm³/mol. The maximum absolute atomic E-state index is 12.2. The van der Waals surface area contributed by atoms with Crippen molar-refractivity contribution in [2.75, 3.05) is 11.9 Å². The van der Waals surface area contributed by atoms with Gasteiger partial charge in [0.1, 0.15) is 10.8 Å². The van der Waals surface area contributed by atoms with E-state index in [9.17, 15) is 9.59 Å². The molecule has 0 spiro atoms. The lowest BCUT2D eigenvalue weighted by atomic mass is 9.88. The minimum absolute atomic E-state index is 0.110. The molecule has 1 aromatic carbocycles. The molecule has 1 aliphatic rings. The van der Waals surface area contributed by atoms with Crippen LogP contribution in [0.15, 0.2) is 24.3 Å². The van der Waals surface area contributed by atoms with Gasteiger partial charge in [-0.3, -0.25) is 9.59 Å². The first-order valence-corrected chi connectivity index (χ1v) is 9.19. The van der Waals surface area contributed by atoms with Gasteiger partial charge in [-0.15, -0.1) is 11.3 Å². The number of carbonyl (C=O) groups is 2. The molecular weight excluding hydrogens is 336 g/mol. The first kappa shape index (κ1) is 17.5. The lowest BCUT2D eigenvalue weighted by molar-refractivity contribution is -0.118. The smallest absolute Gasteiger partial charge is 0.262 e. The number of ether oxygens (including phenoxy) is 1. The van der Waals surface area contributed by atoms with Gasteiger partial charge in [0.15, 0.2) is 6.61 Å². The van der Waals surface area contributed by atoms with Gasteiger partial charge in [0.25, 0.3) is 11.8 Å². The predicted octanol–water partition coefficient (Wildman–Crippen LogP) is 3.30.